The number of carbonyl (C=O) groups excluding carboxylic acids is 2. The summed E-state index contributed by atoms with van der Waals surface area (Å²) in [5.74, 6) is 0.263. The number of ether oxygens (including phenoxy) is 1. The Bertz CT molecular complexity index is 883. The maximum atomic E-state index is 12.5. The summed E-state index contributed by atoms with van der Waals surface area (Å²) in [5.41, 5.74) is 2.70. The Balaban J connectivity index is 2.00. The third kappa shape index (κ3) is 6.87. The van der Waals surface area contributed by atoms with Crippen LogP contribution in [0.15, 0.2) is 42.5 Å². The molecule has 2 rings (SSSR count). The van der Waals surface area contributed by atoms with Crippen LogP contribution in [0.25, 0.3) is 0 Å². The molecule has 0 aromatic heterocycles. The first-order chi connectivity index (χ1) is 13.9. The normalized spacial score (nSPS) is 10.2. The molecule has 0 bridgehead atoms. The van der Waals surface area contributed by atoms with Crippen molar-refractivity contribution in [2.45, 2.75) is 40.0 Å². The third-order valence-electron chi connectivity index (χ3n) is 4.27. The van der Waals surface area contributed by atoms with E-state index in [9.17, 15) is 9.59 Å². The van der Waals surface area contributed by atoms with Crippen LogP contribution in [-0.4, -0.2) is 23.5 Å². The highest BCUT2D eigenvalue weighted by Gasteiger charge is 2.11. The van der Waals surface area contributed by atoms with Crippen LogP contribution in [0.5, 0.6) is 5.75 Å². The van der Waals surface area contributed by atoms with E-state index in [-0.39, 0.29) is 16.9 Å². The molecule has 0 heterocycles. The number of hydrogen-bond donors (Lipinski definition) is 3. The van der Waals surface area contributed by atoms with Crippen molar-refractivity contribution in [1.29, 1.82) is 0 Å². The van der Waals surface area contributed by atoms with Crippen molar-refractivity contribution in [2.75, 3.05) is 17.2 Å². The number of anilines is 2. The van der Waals surface area contributed by atoms with Crippen LogP contribution in [0.1, 0.15) is 49.0 Å². The molecule has 0 unspecified atom stereocenters. The summed E-state index contributed by atoms with van der Waals surface area (Å²) in [4.78, 5) is 24.2. The van der Waals surface area contributed by atoms with Gasteiger partial charge < -0.3 is 15.4 Å². The van der Waals surface area contributed by atoms with Gasteiger partial charge in [0.1, 0.15) is 5.75 Å². The summed E-state index contributed by atoms with van der Waals surface area (Å²) in [7, 11) is 0. The molecule has 29 heavy (non-hydrogen) atoms. The van der Waals surface area contributed by atoms with Crippen molar-refractivity contribution in [3.8, 4) is 5.75 Å². The van der Waals surface area contributed by atoms with Crippen LogP contribution in [0.2, 0.25) is 0 Å². The lowest BCUT2D eigenvalue weighted by molar-refractivity contribution is -0.115. The van der Waals surface area contributed by atoms with Gasteiger partial charge in [-0.2, -0.15) is 0 Å². The maximum Gasteiger partial charge on any atom is 0.257 e. The zero-order valence-corrected chi connectivity index (χ0v) is 17.8. The molecule has 3 N–H and O–H groups in total. The molecule has 154 valence electrons. The summed E-state index contributed by atoms with van der Waals surface area (Å²) in [6.45, 7) is 6.37. The first-order valence-electron chi connectivity index (χ1n) is 9.69. The van der Waals surface area contributed by atoms with E-state index in [1.165, 1.54) is 0 Å². The summed E-state index contributed by atoms with van der Waals surface area (Å²) < 4.78 is 5.64. The zero-order chi connectivity index (χ0) is 21.2. The highest BCUT2D eigenvalue weighted by atomic mass is 32.1. The van der Waals surface area contributed by atoms with Crippen LogP contribution in [0.4, 0.5) is 11.4 Å². The predicted molar refractivity (Wildman–Crippen MR) is 121 cm³/mol. The highest BCUT2D eigenvalue weighted by molar-refractivity contribution is 7.80. The standard InChI is InChI=1S/C22H27N3O3S/c1-4-6-13-28-17-10-7-9-16(14-17)21(27)25-22(29)24-19-12-8-11-18(15(19)3)23-20(26)5-2/h7-12,14H,4-6,13H2,1-3H3,(H,23,26)(H2,24,25,27,29). The molecule has 0 atom stereocenters. The van der Waals surface area contributed by atoms with Gasteiger partial charge in [-0.3, -0.25) is 14.9 Å². The predicted octanol–water partition coefficient (Wildman–Crippen LogP) is 4.65. The van der Waals surface area contributed by atoms with Crippen molar-refractivity contribution in [3.05, 3.63) is 53.6 Å². The number of thiocarbonyl (C=S) groups is 1. The molecule has 0 saturated heterocycles. The number of unbranched alkanes of at least 4 members (excludes halogenated alkanes) is 1. The van der Waals surface area contributed by atoms with Crippen LogP contribution >= 0.6 is 12.2 Å². The number of rotatable bonds is 8. The van der Waals surface area contributed by atoms with E-state index in [0.717, 1.165) is 18.4 Å². The second kappa shape index (κ2) is 11.2. The molecule has 0 aliphatic heterocycles. The molecule has 0 radical (unpaired) electrons. The molecule has 0 saturated carbocycles. The van der Waals surface area contributed by atoms with E-state index >= 15 is 0 Å². The minimum absolute atomic E-state index is 0.0674. The lowest BCUT2D eigenvalue weighted by atomic mass is 10.1. The van der Waals surface area contributed by atoms with E-state index in [1.807, 2.05) is 31.2 Å². The SMILES string of the molecule is CCCCOc1cccc(C(=O)NC(=S)Nc2cccc(NC(=O)CC)c2C)c1. The summed E-state index contributed by atoms with van der Waals surface area (Å²) in [6, 6.07) is 12.5. The fourth-order valence-electron chi connectivity index (χ4n) is 2.54. The monoisotopic (exact) mass is 413 g/mol. The lowest BCUT2D eigenvalue weighted by Crippen LogP contribution is -2.34. The smallest absolute Gasteiger partial charge is 0.257 e. The van der Waals surface area contributed by atoms with Gasteiger partial charge in [0.25, 0.3) is 5.91 Å². The van der Waals surface area contributed by atoms with Gasteiger partial charge in [-0.1, -0.05) is 32.4 Å². The van der Waals surface area contributed by atoms with E-state index in [0.29, 0.717) is 35.7 Å². The second-order valence-electron chi connectivity index (χ2n) is 6.52. The van der Waals surface area contributed by atoms with Crippen molar-refractivity contribution in [3.63, 3.8) is 0 Å². The topological polar surface area (TPSA) is 79.5 Å². The van der Waals surface area contributed by atoms with Gasteiger partial charge >= 0.3 is 0 Å². The van der Waals surface area contributed by atoms with Gasteiger partial charge in [-0.25, -0.2) is 0 Å². The van der Waals surface area contributed by atoms with Crippen molar-refractivity contribution in [1.82, 2.24) is 5.32 Å². The van der Waals surface area contributed by atoms with Crippen LogP contribution in [-0.2, 0) is 4.79 Å². The highest BCUT2D eigenvalue weighted by Crippen LogP contribution is 2.23. The molecule has 6 nitrogen and oxygen atoms in total. The minimum atomic E-state index is -0.323. The molecule has 2 aromatic carbocycles. The molecular weight excluding hydrogens is 386 g/mol. The average Bonchev–Trinajstić information content (AvgIpc) is 2.71. The van der Waals surface area contributed by atoms with Gasteiger partial charge in [0, 0.05) is 23.4 Å². The first-order valence-corrected chi connectivity index (χ1v) is 10.1. The second-order valence-corrected chi connectivity index (χ2v) is 6.93. The summed E-state index contributed by atoms with van der Waals surface area (Å²) in [5, 5.41) is 8.71. The average molecular weight is 414 g/mol. The Morgan fingerprint density at radius 1 is 1.03 bits per heavy atom. The number of amides is 2. The number of nitrogens with one attached hydrogen (secondary N) is 3. The van der Waals surface area contributed by atoms with Crippen molar-refractivity contribution < 1.29 is 14.3 Å². The molecule has 7 heteroatoms. The number of carbonyl (C=O) groups is 2. The van der Waals surface area contributed by atoms with Gasteiger partial charge in [-0.05, 0) is 61.5 Å². The van der Waals surface area contributed by atoms with E-state index in [1.54, 1.807) is 25.1 Å². The van der Waals surface area contributed by atoms with E-state index in [2.05, 4.69) is 22.9 Å². The van der Waals surface area contributed by atoms with Crippen LogP contribution < -0.4 is 20.7 Å². The Morgan fingerprint density at radius 3 is 2.41 bits per heavy atom. The van der Waals surface area contributed by atoms with Gasteiger partial charge in [0.2, 0.25) is 5.91 Å². The van der Waals surface area contributed by atoms with Crippen molar-refractivity contribution >= 4 is 40.5 Å². The third-order valence-corrected chi connectivity index (χ3v) is 4.47. The van der Waals surface area contributed by atoms with Gasteiger partial charge in [-0.15, -0.1) is 0 Å². The Morgan fingerprint density at radius 2 is 1.72 bits per heavy atom. The molecule has 2 aromatic rings. The number of benzene rings is 2. The van der Waals surface area contributed by atoms with Crippen LogP contribution in [0, 0.1) is 6.92 Å². The van der Waals surface area contributed by atoms with Crippen LogP contribution in [0.3, 0.4) is 0 Å². The first kappa shape index (κ1) is 22.4. The minimum Gasteiger partial charge on any atom is -0.494 e. The molecule has 0 aliphatic carbocycles. The summed E-state index contributed by atoms with van der Waals surface area (Å²) in [6.07, 6.45) is 2.40. The fourth-order valence-corrected chi connectivity index (χ4v) is 2.74. The quantitative estimate of drug-likeness (QED) is 0.434. The Kier molecular flexibility index (Phi) is 8.61. The molecule has 0 fully saturated rings. The van der Waals surface area contributed by atoms with Gasteiger partial charge in [0.15, 0.2) is 5.11 Å². The van der Waals surface area contributed by atoms with Gasteiger partial charge in [0.05, 0.1) is 6.61 Å². The Labute approximate surface area is 177 Å². The zero-order valence-electron chi connectivity index (χ0n) is 17.0. The molecular formula is C22H27N3O3S. The maximum absolute atomic E-state index is 12.5. The largest absolute Gasteiger partial charge is 0.494 e. The molecule has 0 aliphatic rings. The molecule has 2 amide bonds. The van der Waals surface area contributed by atoms with E-state index in [4.69, 9.17) is 17.0 Å². The Hall–Kier alpha value is -2.93. The fraction of sp³-hybridized carbons (Fsp3) is 0.318. The van der Waals surface area contributed by atoms with Crippen molar-refractivity contribution in [2.24, 2.45) is 0 Å². The lowest BCUT2D eigenvalue weighted by Gasteiger charge is -2.15. The molecule has 0 spiro atoms. The van der Waals surface area contributed by atoms with E-state index < -0.39 is 0 Å². The summed E-state index contributed by atoms with van der Waals surface area (Å²) >= 11 is 5.28. The number of hydrogen-bond acceptors (Lipinski definition) is 4.